The minimum Gasteiger partial charge on any atom is -0.308 e. The molecule has 0 aliphatic heterocycles. The number of halogens is 3. The van der Waals surface area contributed by atoms with Crippen LogP contribution in [-0.2, 0) is 6.42 Å². The standard InChI is InChI=1S/C12H12Cl3N3/c1-2-3-6-4-7-10(15)8(13)5-9(14)11(7)17-12(6)18-16/h4-5H,2-3,16H2,1H3,(H,17,18). The first kappa shape index (κ1) is 13.7. The molecule has 2 aromatic rings. The Balaban J connectivity index is 2.78. The summed E-state index contributed by atoms with van der Waals surface area (Å²) in [4.78, 5) is 4.40. The van der Waals surface area contributed by atoms with Gasteiger partial charge in [-0.3, -0.25) is 0 Å². The van der Waals surface area contributed by atoms with Gasteiger partial charge in [-0.1, -0.05) is 48.1 Å². The summed E-state index contributed by atoms with van der Waals surface area (Å²) in [7, 11) is 0. The first-order chi connectivity index (χ1) is 8.58. The highest BCUT2D eigenvalue weighted by Crippen LogP contribution is 2.36. The number of hydrazine groups is 1. The third-order valence-corrected chi connectivity index (χ3v) is 3.77. The van der Waals surface area contributed by atoms with E-state index in [1.165, 1.54) is 0 Å². The molecule has 0 radical (unpaired) electrons. The number of hydrogen-bond acceptors (Lipinski definition) is 3. The Labute approximate surface area is 120 Å². The van der Waals surface area contributed by atoms with Crippen LogP contribution in [0.1, 0.15) is 18.9 Å². The van der Waals surface area contributed by atoms with Crippen LogP contribution >= 0.6 is 34.8 Å². The van der Waals surface area contributed by atoms with Gasteiger partial charge in [-0.15, -0.1) is 0 Å². The van der Waals surface area contributed by atoms with Crippen molar-refractivity contribution in [1.82, 2.24) is 4.98 Å². The molecule has 0 saturated heterocycles. The normalized spacial score (nSPS) is 10.9. The van der Waals surface area contributed by atoms with E-state index >= 15 is 0 Å². The zero-order valence-electron chi connectivity index (χ0n) is 9.73. The number of rotatable bonds is 3. The van der Waals surface area contributed by atoms with Crippen LogP contribution in [0.3, 0.4) is 0 Å². The van der Waals surface area contributed by atoms with Crippen molar-refractivity contribution in [3.05, 3.63) is 32.8 Å². The minimum absolute atomic E-state index is 0.423. The lowest BCUT2D eigenvalue weighted by molar-refractivity contribution is 0.917. The molecular formula is C12H12Cl3N3. The first-order valence-corrected chi connectivity index (χ1v) is 6.65. The van der Waals surface area contributed by atoms with E-state index in [9.17, 15) is 0 Å². The molecule has 0 aliphatic carbocycles. The van der Waals surface area contributed by atoms with E-state index in [4.69, 9.17) is 40.6 Å². The van der Waals surface area contributed by atoms with E-state index in [-0.39, 0.29) is 0 Å². The monoisotopic (exact) mass is 303 g/mol. The van der Waals surface area contributed by atoms with Gasteiger partial charge in [-0.2, -0.15) is 0 Å². The van der Waals surface area contributed by atoms with Crippen LogP contribution in [0.5, 0.6) is 0 Å². The van der Waals surface area contributed by atoms with Crippen LogP contribution in [0, 0.1) is 0 Å². The lowest BCUT2D eigenvalue weighted by atomic mass is 10.1. The molecule has 18 heavy (non-hydrogen) atoms. The lowest BCUT2D eigenvalue weighted by Gasteiger charge is -2.11. The first-order valence-electron chi connectivity index (χ1n) is 5.52. The third kappa shape index (κ3) is 2.36. The van der Waals surface area contributed by atoms with Crippen molar-refractivity contribution >= 4 is 51.5 Å². The summed E-state index contributed by atoms with van der Waals surface area (Å²) in [5.41, 5.74) is 4.18. The number of fused-ring (bicyclic) bond motifs is 1. The van der Waals surface area contributed by atoms with Crippen LogP contribution in [-0.4, -0.2) is 4.98 Å². The molecule has 1 aromatic heterocycles. The molecule has 1 heterocycles. The van der Waals surface area contributed by atoms with Gasteiger partial charge in [0.25, 0.3) is 0 Å². The van der Waals surface area contributed by atoms with Crippen molar-refractivity contribution < 1.29 is 0 Å². The van der Waals surface area contributed by atoms with Crippen molar-refractivity contribution in [2.24, 2.45) is 5.84 Å². The minimum atomic E-state index is 0.423. The van der Waals surface area contributed by atoms with Crippen LogP contribution < -0.4 is 11.3 Å². The highest BCUT2D eigenvalue weighted by molar-refractivity contribution is 6.47. The summed E-state index contributed by atoms with van der Waals surface area (Å²) in [6.07, 6.45) is 1.83. The van der Waals surface area contributed by atoms with E-state index in [2.05, 4.69) is 17.3 Å². The predicted molar refractivity (Wildman–Crippen MR) is 78.6 cm³/mol. The fourth-order valence-electron chi connectivity index (χ4n) is 1.86. The lowest BCUT2D eigenvalue weighted by Crippen LogP contribution is -2.11. The number of hydrogen-bond donors (Lipinski definition) is 2. The SMILES string of the molecule is CCCc1cc2c(Cl)c(Cl)cc(Cl)c2nc1NN. The number of anilines is 1. The molecule has 0 spiro atoms. The maximum absolute atomic E-state index is 6.18. The van der Waals surface area contributed by atoms with Crippen molar-refractivity contribution in [3.63, 3.8) is 0 Å². The average Bonchev–Trinajstić information content (AvgIpc) is 2.36. The summed E-state index contributed by atoms with van der Waals surface area (Å²) < 4.78 is 0. The molecule has 6 heteroatoms. The van der Waals surface area contributed by atoms with Crippen LogP contribution in [0.4, 0.5) is 5.82 Å². The molecule has 0 aliphatic rings. The van der Waals surface area contributed by atoms with Crippen molar-refractivity contribution in [1.29, 1.82) is 0 Å². The zero-order valence-corrected chi connectivity index (χ0v) is 12.0. The van der Waals surface area contributed by atoms with Gasteiger partial charge in [-0.05, 0) is 24.1 Å². The Morgan fingerprint density at radius 1 is 1.22 bits per heavy atom. The van der Waals surface area contributed by atoms with E-state index in [1.807, 2.05) is 6.07 Å². The maximum atomic E-state index is 6.18. The van der Waals surface area contributed by atoms with Crippen molar-refractivity contribution in [2.45, 2.75) is 19.8 Å². The fraction of sp³-hybridized carbons (Fsp3) is 0.250. The summed E-state index contributed by atoms with van der Waals surface area (Å²) in [5, 5.41) is 2.09. The Morgan fingerprint density at radius 2 is 1.94 bits per heavy atom. The number of aryl methyl sites for hydroxylation is 1. The van der Waals surface area contributed by atoms with Gasteiger partial charge in [0.1, 0.15) is 5.82 Å². The van der Waals surface area contributed by atoms with Gasteiger partial charge in [0.05, 0.1) is 20.6 Å². The van der Waals surface area contributed by atoms with E-state index in [1.54, 1.807) is 6.07 Å². The number of nitrogens with one attached hydrogen (secondary N) is 1. The molecular weight excluding hydrogens is 293 g/mol. The number of nitrogens with two attached hydrogens (primary N) is 1. The van der Waals surface area contributed by atoms with Gasteiger partial charge in [-0.25, -0.2) is 10.8 Å². The summed E-state index contributed by atoms with van der Waals surface area (Å²) >= 11 is 18.3. The molecule has 3 N–H and O–H groups in total. The maximum Gasteiger partial charge on any atom is 0.143 e. The topological polar surface area (TPSA) is 50.9 Å². The largest absolute Gasteiger partial charge is 0.308 e. The molecule has 0 amide bonds. The number of aromatic nitrogens is 1. The van der Waals surface area contributed by atoms with Gasteiger partial charge in [0, 0.05) is 5.39 Å². The van der Waals surface area contributed by atoms with Gasteiger partial charge < -0.3 is 5.43 Å². The van der Waals surface area contributed by atoms with Gasteiger partial charge in [0.2, 0.25) is 0 Å². The Hall–Kier alpha value is -0.740. The van der Waals surface area contributed by atoms with Crippen molar-refractivity contribution in [3.8, 4) is 0 Å². The molecule has 2 rings (SSSR count). The molecule has 0 bridgehead atoms. The molecule has 0 atom stereocenters. The predicted octanol–water partition coefficient (Wildman–Crippen LogP) is 4.43. The molecule has 0 unspecified atom stereocenters. The summed E-state index contributed by atoms with van der Waals surface area (Å²) in [6.45, 7) is 2.08. The number of benzene rings is 1. The molecule has 3 nitrogen and oxygen atoms in total. The molecule has 0 fully saturated rings. The third-order valence-electron chi connectivity index (χ3n) is 2.68. The highest BCUT2D eigenvalue weighted by atomic mass is 35.5. The van der Waals surface area contributed by atoms with Crippen LogP contribution in [0.2, 0.25) is 15.1 Å². The quantitative estimate of drug-likeness (QED) is 0.501. The number of nitrogen functional groups attached to an aromatic ring is 1. The second-order valence-corrected chi connectivity index (χ2v) is 5.13. The fourth-order valence-corrected chi connectivity index (χ4v) is 2.58. The Bertz CT molecular complexity index is 599. The molecule has 1 aromatic carbocycles. The zero-order chi connectivity index (χ0) is 13.3. The Kier molecular flexibility index (Phi) is 4.17. The van der Waals surface area contributed by atoms with E-state index in [0.29, 0.717) is 26.4 Å². The smallest absolute Gasteiger partial charge is 0.143 e. The number of pyridine rings is 1. The van der Waals surface area contributed by atoms with E-state index < -0.39 is 0 Å². The Morgan fingerprint density at radius 3 is 2.56 bits per heavy atom. The molecule has 96 valence electrons. The number of nitrogens with zero attached hydrogens (tertiary/aromatic N) is 1. The van der Waals surface area contributed by atoms with E-state index in [0.717, 1.165) is 23.8 Å². The summed E-state index contributed by atoms with van der Waals surface area (Å²) in [6, 6.07) is 3.52. The van der Waals surface area contributed by atoms with Crippen molar-refractivity contribution in [2.75, 3.05) is 5.43 Å². The molecule has 0 saturated carbocycles. The van der Waals surface area contributed by atoms with Crippen LogP contribution in [0.25, 0.3) is 10.9 Å². The van der Waals surface area contributed by atoms with Crippen LogP contribution in [0.15, 0.2) is 12.1 Å². The van der Waals surface area contributed by atoms with Gasteiger partial charge in [0.15, 0.2) is 0 Å². The highest BCUT2D eigenvalue weighted by Gasteiger charge is 2.13. The summed E-state index contributed by atoms with van der Waals surface area (Å²) in [5.74, 6) is 6.09. The second kappa shape index (κ2) is 5.49. The van der Waals surface area contributed by atoms with Gasteiger partial charge >= 0.3 is 0 Å². The average molecular weight is 305 g/mol. The second-order valence-electron chi connectivity index (χ2n) is 3.94.